The number of hydrogen-bond donors (Lipinski definition) is 0. The minimum Gasteiger partial charge on any atom is -0.452 e. The Morgan fingerprint density at radius 1 is 1.15 bits per heavy atom. The lowest BCUT2D eigenvalue weighted by Crippen LogP contribution is -2.00. The van der Waals surface area contributed by atoms with Gasteiger partial charge in [0.05, 0.1) is 4.92 Å². The van der Waals surface area contributed by atoms with Gasteiger partial charge in [0.2, 0.25) is 5.89 Å². The lowest BCUT2D eigenvalue weighted by atomic mass is 10.2. The Bertz CT molecular complexity index is 981. The molecule has 0 aliphatic heterocycles. The molecule has 27 heavy (non-hydrogen) atoms. The van der Waals surface area contributed by atoms with Gasteiger partial charge in [0, 0.05) is 23.8 Å². The van der Waals surface area contributed by atoms with Crippen LogP contribution < -0.4 is 0 Å². The standard InChI is InChI=1S/C18H12FN3O5/c19-14-6-1-12(2-7-14)3-10-17(23)26-11-16-20-21-18(27-16)13-4-8-15(9-5-13)22(24)25/h1-10H,11H2. The molecule has 0 saturated heterocycles. The summed E-state index contributed by atoms with van der Waals surface area (Å²) >= 11 is 0. The molecule has 0 N–H and O–H groups in total. The Morgan fingerprint density at radius 2 is 1.85 bits per heavy atom. The average Bonchev–Trinajstić information content (AvgIpc) is 3.15. The molecule has 0 aliphatic carbocycles. The second-order valence-electron chi connectivity index (χ2n) is 5.30. The van der Waals surface area contributed by atoms with Crippen molar-refractivity contribution in [3.63, 3.8) is 0 Å². The second-order valence-corrected chi connectivity index (χ2v) is 5.30. The monoisotopic (exact) mass is 369 g/mol. The van der Waals surface area contributed by atoms with Crippen LogP contribution in [-0.4, -0.2) is 21.1 Å². The number of aromatic nitrogens is 2. The Balaban J connectivity index is 1.56. The summed E-state index contributed by atoms with van der Waals surface area (Å²) in [4.78, 5) is 21.8. The van der Waals surface area contributed by atoms with Crippen molar-refractivity contribution in [2.24, 2.45) is 0 Å². The summed E-state index contributed by atoms with van der Waals surface area (Å²) in [5.41, 5.74) is 1.09. The number of esters is 1. The van der Waals surface area contributed by atoms with E-state index in [1.165, 1.54) is 60.7 Å². The molecule has 0 atom stereocenters. The normalized spacial score (nSPS) is 10.9. The van der Waals surface area contributed by atoms with Gasteiger partial charge in [-0.2, -0.15) is 0 Å². The molecular formula is C18H12FN3O5. The van der Waals surface area contributed by atoms with Gasteiger partial charge in [0.15, 0.2) is 6.61 Å². The Kier molecular flexibility index (Phi) is 5.31. The van der Waals surface area contributed by atoms with Crippen molar-refractivity contribution in [1.29, 1.82) is 0 Å². The number of carbonyl (C=O) groups is 1. The van der Waals surface area contributed by atoms with Crippen LogP contribution in [0.1, 0.15) is 11.5 Å². The summed E-state index contributed by atoms with van der Waals surface area (Å²) in [6, 6.07) is 11.2. The number of benzene rings is 2. The summed E-state index contributed by atoms with van der Waals surface area (Å²) in [5.74, 6) is -0.769. The van der Waals surface area contributed by atoms with Crippen molar-refractivity contribution in [2.45, 2.75) is 6.61 Å². The zero-order chi connectivity index (χ0) is 19.2. The van der Waals surface area contributed by atoms with E-state index in [1.807, 2.05) is 0 Å². The first-order valence-corrected chi connectivity index (χ1v) is 7.69. The van der Waals surface area contributed by atoms with Gasteiger partial charge in [-0.1, -0.05) is 12.1 Å². The molecule has 2 aromatic carbocycles. The molecule has 0 saturated carbocycles. The summed E-state index contributed by atoms with van der Waals surface area (Å²) in [6.07, 6.45) is 2.68. The molecule has 0 unspecified atom stereocenters. The number of hydrogen-bond acceptors (Lipinski definition) is 7. The van der Waals surface area contributed by atoms with Crippen LogP contribution in [0.25, 0.3) is 17.5 Å². The zero-order valence-corrected chi connectivity index (χ0v) is 13.7. The van der Waals surface area contributed by atoms with Crippen molar-refractivity contribution >= 4 is 17.7 Å². The smallest absolute Gasteiger partial charge is 0.331 e. The number of rotatable bonds is 6. The van der Waals surface area contributed by atoms with Crippen molar-refractivity contribution in [1.82, 2.24) is 10.2 Å². The van der Waals surface area contributed by atoms with Gasteiger partial charge < -0.3 is 9.15 Å². The molecule has 3 aromatic rings. The SMILES string of the molecule is O=C(C=Cc1ccc(F)cc1)OCc1nnc(-c2ccc([N+](=O)[O-])cc2)o1. The third kappa shape index (κ3) is 4.82. The summed E-state index contributed by atoms with van der Waals surface area (Å²) in [5, 5.41) is 18.2. The van der Waals surface area contributed by atoms with E-state index in [0.717, 1.165) is 0 Å². The third-order valence-electron chi connectivity index (χ3n) is 3.41. The Labute approximate surface area is 152 Å². The van der Waals surface area contributed by atoms with E-state index in [-0.39, 0.29) is 29.9 Å². The van der Waals surface area contributed by atoms with Crippen molar-refractivity contribution in [3.05, 3.63) is 82.0 Å². The highest BCUT2D eigenvalue weighted by atomic mass is 19.1. The molecule has 0 aliphatic rings. The van der Waals surface area contributed by atoms with Crippen LogP contribution in [-0.2, 0) is 16.1 Å². The number of halogens is 1. The number of nitro benzene ring substituents is 1. The van der Waals surface area contributed by atoms with Crippen molar-refractivity contribution in [2.75, 3.05) is 0 Å². The summed E-state index contributed by atoms with van der Waals surface area (Å²) < 4.78 is 23.2. The fourth-order valence-electron chi connectivity index (χ4n) is 2.07. The van der Waals surface area contributed by atoms with Crippen molar-refractivity contribution in [3.8, 4) is 11.5 Å². The van der Waals surface area contributed by atoms with Gasteiger partial charge in [-0.05, 0) is 35.9 Å². The Hall–Kier alpha value is -3.88. The highest BCUT2D eigenvalue weighted by Crippen LogP contribution is 2.21. The van der Waals surface area contributed by atoms with Crippen LogP contribution in [0, 0.1) is 15.9 Å². The number of nitrogens with zero attached hydrogens (tertiary/aromatic N) is 3. The largest absolute Gasteiger partial charge is 0.452 e. The van der Waals surface area contributed by atoms with E-state index in [0.29, 0.717) is 11.1 Å². The molecule has 0 amide bonds. The fraction of sp³-hybridized carbons (Fsp3) is 0.0556. The number of ether oxygens (including phenoxy) is 1. The third-order valence-corrected chi connectivity index (χ3v) is 3.41. The predicted molar refractivity (Wildman–Crippen MR) is 91.6 cm³/mol. The van der Waals surface area contributed by atoms with Gasteiger partial charge in [-0.25, -0.2) is 9.18 Å². The molecule has 0 radical (unpaired) electrons. The highest BCUT2D eigenvalue weighted by molar-refractivity contribution is 5.86. The van der Waals surface area contributed by atoms with Crippen molar-refractivity contribution < 1.29 is 23.3 Å². The van der Waals surface area contributed by atoms with E-state index < -0.39 is 10.9 Å². The highest BCUT2D eigenvalue weighted by Gasteiger charge is 2.12. The van der Waals surface area contributed by atoms with Crippen LogP contribution in [0.4, 0.5) is 10.1 Å². The maximum Gasteiger partial charge on any atom is 0.331 e. The molecule has 1 aromatic heterocycles. The van der Waals surface area contributed by atoms with Crippen LogP contribution in [0.5, 0.6) is 0 Å². The van der Waals surface area contributed by atoms with E-state index >= 15 is 0 Å². The Morgan fingerprint density at radius 3 is 2.52 bits per heavy atom. The van der Waals surface area contributed by atoms with Crippen LogP contribution in [0.3, 0.4) is 0 Å². The minimum atomic E-state index is -0.630. The summed E-state index contributed by atoms with van der Waals surface area (Å²) in [6.45, 7) is -0.230. The van der Waals surface area contributed by atoms with Crippen LogP contribution in [0.15, 0.2) is 59.0 Å². The first kappa shape index (κ1) is 17.9. The predicted octanol–water partition coefficient (Wildman–Crippen LogP) is 3.54. The lowest BCUT2D eigenvalue weighted by Gasteiger charge is -1.98. The van der Waals surface area contributed by atoms with Gasteiger partial charge >= 0.3 is 5.97 Å². The molecule has 136 valence electrons. The maximum absolute atomic E-state index is 12.8. The van der Waals surface area contributed by atoms with Crippen LogP contribution >= 0.6 is 0 Å². The summed E-state index contributed by atoms with van der Waals surface area (Å²) in [7, 11) is 0. The van der Waals surface area contributed by atoms with E-state index in [2.05, 4.69) is 10.2 Å². The number of nitro groups is 1. The molecule has 3 rings (SSSR count). The molecule has 0 bridgehead atoms. The molecular weight excluding hydrogens is 357 g/mol. The van der Waals surface area contributed by atoms with Gasteiger partial charge in [0.1, 0.15) is 5.82 Å². The van der Waals surface area contributed by atoms with Gasteiger partial charge in [0.25, 0.3) is 11.6 Å². The first-order valence-electron chi connectivity index (χ1n) is 7.69. The molecule has 0 fully saturated rings. The second kappa shape index (κ2) is 8.00. The van der Waals surface area contributed by atoms with Crippen LogP contribution in [0.2, 0.25) is 0 Å². The first-order chi connectivity index (χ1) is 13.0. The lowest BCUT2D eigenvalue weighted by molar-refractivity contribution is -0.384. The van der Waals surface area contributed by atoms with E-state index in [9.17, 15) is 19.3 Å². The van der Waals surface area contributed by atoms with E-state index in [1.54, 1.807) is 0 Å². The molecule has 0 spiro atoms. The topological polar surface area (TPSA) is 108 Å². The zero-order valence-electron chi connectivity index (χ0n) is 13.7. The average molecular weight is 369 g/mol. The fourth-order valence-corrected chi connectivity index (χ4v) is 2.07. The van der Waals surface area contributed by atoms with Gasteiger partial charge in [-0.3, -0.25) is 10.1 Å². The molecule has 9 heteroatoms. The van der Waals surface area contributed by atoms with E-state index in [4.69, 9.17) is 9.15 Å². The number of carbonyl (C=O) groups excluding carboxylic acids is 1. The minimum absolute atomic E-state index is 0.0552. The number of non-ortho nitro benzene ring substituents is 1. The van der Waals surface area contributed by atoms with Gasteiger partial charge in [-0.15, -0.1) is 10.2 Å². The molecule has 1 heterocycles. The maximum atomic E-state index is 12.8. The molecule has 8 nitrogen and oxygen atoms in total. The quantitative estimate of drug-likeness (QED) is 0.283.